The third-order valence-corrected chi connectivity index (χ3v) is 6.74. The Labute approximate surface area is 182 Å². The highest BCUT2D eigenvalue weighted by Gasteiger charge is 2.31. The molecule has 0 bridgehead atoms. The van der Waals surface area contributed by atoms with E-state index in [9.17, 15) is 5.11 Å². The zero-order chi connectivity index (χ0) is 21.2. The molecule has 6 heteroatoms. The summed E-state index contributed by atoms with van der Waals surface area (Å²) < 4.78 is 5.54. The molecule has 3 rings (SSSR count). The maximum atomic E-state index is 9.56. The Hall–Kier alpha value is -1.95. The number of aliphatic imine (C=N–C) groups is 1. The van der Waals surface area contributed by atoms with Gasteiger partial charge in [-0.15, -0.1) is 0 Å². The molecular formula is C24H40N4O2. The van der Waals surface area contributed by atoms with Crippen molar-refractivity contribution in [2.24, 2.45) is 16.3 Å². The number of methoxy groups -OCH3 is 1. The Kier molecular flexibility index (Phi) is 8.67. The second-order valence-corrected chi connectivity index (χ2v) is 8.88. The van der Waals surface area contributed by atoms with Crippen molar-refractivity contribution in [1.82, 2.24) is 10.6 Å². The first-order valence-electron chi connectivity index (χ1n) is 11.7. The van der Waals surface area contributed by atoms with Crippen molar-refractivity contribution in [1.29, 1.82) is 0 Å². The fraction of sp³-hybridized carbons (Fsp3) is 0.708. The van der Waals surface area contributed by atoms with Gasteiger partial charge in [-0.1, -0.05) is 31.4 Å². The fourth-order valence-electron chi connectivity index (χ4n) is 4.96. The second-order valence-electron chi connectivity index (χ2n) is 8.88. The van der Waals surface area contributed by atoms with Crippen LogP contribution in [0.5, 0.6) is 5.75 Å². The molecule has 1 saturated heterocycles. The molecule has 1 aliphatic heterocycles. The molecular weight excluding hydrogens is 376 g/mol. The lowest BCUT2D eigenvalue weighted by molar-refractivity contribution is 0.137. The summed E-state index contributed by atoms with van der Waals surface area (Å²) in [6, 6.07) is 8.27. The lowest BCUT2D eigenvalue weighted by atomic mass is 9.72. The number of nitrogens with zero attached hydrogens (tertiary/aromatic N) is 2. The molecule has 2 fully saturated rings. The highest BCUT2D eigenvalue weighted by atomic mass is 16.5. The molecule has 1 unspecified atom stereocenters. The van der Waals surface area contributed by atoms with E-state index in [0.717, 1.165) is 50.9 Å². The number of hydrogen-bond acceptors (Lipinski definition) is 4. The highest BCUT2D eigenvalue weighted by Crippen LogP contribution is 2.39. The Balaban J connectivity index is 1.55. The van der Waals surface area contributed by atoms with E-state index in [1.54, 1.807) is 7.11 Å². The van der Waals surface area contributed by atoms with Gasteiger partial charge in [0.25, 0.3) is 0 Å². The molecule has 3 N–H and O–H groups in total. The number of anilines is 1. The molecule has 0 aromatic heterocycles. The maximum Gasteiger partial charge on any atom is 0.191 e. The Bertz CT molecular complexity index is 667. The van der Waals surface area contributed by atoms with Crippen LogP contribution >= 0.6 is 0 Å². The maximum absolute atomic E-state index is 9.56. The summed E-state index contributed by atoms with van der Waals surface area (Å²) in [7, 11) is 1.74. The smallest absolute Gasteiger partial charge is 0.191 e. The SMILES string of the molecule is CCNC(=NCC1(CCO)CCCCC1)NCC1CCN(c2ccccc2OC)C1. The number of aliphatic hydroxyl groups excluding tert-OH is 1. The van der Waals surface area contributed by atoms with Gasteiger partial charge < -0.3 is 25.4 Å². The Morgan fingerprint density at radius 2 is 2.03 bits per heavy atom. The monoisotopic (exact) mass is 416 g/mol. The third-order valence-electron chi connectivity index (χ3n) is 6.74. The zero-order valence-electron chi connectivity index (χ0n) is 18.8. The minimum atomic E-state index is 0.184. The molecule has 1 atom stereocenters. The molecule has 1 heterocycles. The highest BCUT2D eigenvalue weighted by molar-refractivity contribution is 5.79. The van der Waals surface area contributed by atoms with Gasteiger partial charge in [-0.25, -0.2) is 0 Å². The molecule has 0 radical (unpaired) electrons. The van der Waals surface area contributed by atoms with E-state index >= 15 is 0 Å². The number of hydrogen-bond donors (Lipinski definition) is 3. The number of rotatable bonds is 9. The zero-order valence-corrected chi connectivity index (χ0v) is 18.8. The van der Waals surface area contributed by atoms with E-state index < -0.39 is 0 Å². The summed E-state index contributed by atoms with van der Waals surface area (Å²) in [5, 5.41) is 16.6. The van der Waals surface area contributed by atoms with Crippen LogP contribution in [-0.2, 0) is 0 Å². The number of guanidine groups is 1. The third kappa shape index (κ3) is 6.03. The van der Waals surface area contributed by atoms with Gasteiger partial charge in [0.05, 0.1) is 12.8 Å². The first-order valence-corrected chi connectivity index (χ1v) is 11.7. The van der Waals surface area contributed by atoms with E-state index in [2.05, 4.69) is 34.6 Å². The number of ether oxygens (including phenoxy) is 1. The summed E-state index contributed by atoms with van der Waals surface area (Å²) in [5.74, 6) is 2.44. The van der Waals surface area contributed by atoms with E-state index in [1.165, 1.54) is 44.2 Å². The van der Waals surface area contributed by atoms with E-state index in [4.69, 9.17) is 9.73 Å². The summed E-state index contributed by atoms with van der Waals surface area (Å²) in [6.45, 7) is 7.05. The molecule has 1 aromatic carbocycles. The predicted octanol–water partition coefficient (Wildman–Crippen LogP) is 3.41. The van der Waals surface area contributed by atoms with Crippen LogP contribution in [0, 0.1) is 11.3 Å². The average molecular weight is 417 g/mol. The van der Waals surface area contributed by atoms with Gasteiger partial charge in [0.2, 0.25) is 0 Å². The normalized spacial score (nSPS) is 21.5. The van der Waals surface area contributed by atoms with Gasteiger partial charge in [-0.3, -0.25) is 4.99 Å². The van der Waals surface area contributed by atoms with E-state index in [-0.39, 0.29) is 12.0 Å². The quantitative estimate of drug-likeness (QED) is 0.425. The molecule has 1 aliphatic carbocycles. The van der Waals surface area contributed by atoms with Crippen LogP contribution in [0.15, 0.2) is 29.3 Å². The van der Waals surface area contributed by atoms with Crippen molar-refractivity contribution >= 4 is 11.6 Å². The van der Waals surface area contributed by atoms with Crippen molar-refractivity contribution in [3.05, 3.63) is 24.3 Å². The lowest BCUT2D eigenvalue weighted by Gasteiger charge is -2.35. The van der Waals surface area contributed by atoms with Crippen molar-refractivity contribution in [2.45, 2.75) is 51.9 Å². The lowest BCUT2D eigenvalue weighted by Crippen LogP contribution is -2.41. The molecule has 168 valence electrons. The van der Waals surface area contributed by atoms with Gasteiger partial charge in [0, 0.05) is 39.3 Å². The van der Waals surface area contributed by atoms with Crippen LogP contribution in [0.2, 0.25) is 0 Å². The predicted molar refractivity (Wildman–Crippen MR) is 125 cm³/mol. The molecule has 1 saturated carbocycles. The molecule has 0 amide bonds. The second kappa shape index (κ2) is 11.4. The van der Waals surface area contributed by atoms with Crippen LogP contribution < -0.4 is 20.3 Å². The van der Waals surface area contributed by atoms with E-state index in [0.29, 0.717) is 5.92 Å². The molecule has 30 heavy (non-hydrogen) atoms. The molecule has 1 aromatic rings. The standard InChI is InChI=1S/C24H40N4O2/c1-3-25-23(27-19-24(14-16-29)12-7-4-8-13-24)26-17-20-11-15-28(18-20)21-9-5-6-10-22(21)30-2/h5-6,9-10,20,29H,3-4,7-8,11-19H2,1-2H3,(H2,25,26,27). The Morgan fingerprint density at radius 3 is 2.77 bits per heavy atom. The van der Waals surface area contributed by atoms with Crippen molar-refractivity contribution in [3.63, 3.8) is 0 Å². The van der Waals surface area contributed by atoms with Crippen LogP contribution in [0.4, 0.5) is 5.69 Å². The number of nitrogens with one attached hydrogen (secondary N) is 2. The minimum Gasteiger partial charge on any atom is -0.495 e. The molecule has 2 aliphatic rings. The van der Waals surface area contributed by atoms with Crippen LogP contribution in [0.3, 0.4) is 0 Å². The van der Waals surface area contributed by atoms with E-state index in [1.807, 2.05) is 12.1 Å². The number of benzene rings is 1. The largest absolute Gasteiger partial charge is 0.495 e. The van der Waals surface area contributed by atoms with Gasteiger partial charge in [-0.05, 0) is 56.1 Å². The van der Waals surface area contributed by atoms with Gasteiger partial charge in [0.1, 0.15) is 5.75 Å². The van der Waals surface area contributed by atoms with Gasteiger partial charge in [0.15, 0.2) is 5.96 Å². The van der Waals surface area contributed by atoms with Crippen molar-refractivity contribution < 1.29 is 9.84 Å². The number of aliphatic hydroxyl groups is 1. The van der Waals surface area contributed by atoms with Crippen molar-refractivity contribution in [3.8, 4) is 5.75 Å². The number of para-hydroxylation sites is 2. The van der Waals surface area contributed by atoms with Crippen LogP contribution in [-0.4, -0.2) is 57.5 Å². The van der Waals surface area contributed by atoms with Gasteiger partial charge in [-0.2, -0.15) is 0 Å². The summed E-state index contributed by atoms with van der Waals surface area (Å²) in [6.07, 6.45) is 8.26. The summed E-state index contributed by atoms with van der Waals surface area (Å²) >= 11 is 0. The Morgan fingerprint density at radius 1 is 1.23 bits per heavy atom. The first kappa shape index (κ1) is 22.7. The minimum absolute atomic E-state index is 0.184. The molecule has 6 nitrogen and oxygen atoms in total. The average Bonchev–Trinajstić information content (AvgIpc) is 3.25. The summed E-state index contributed by atoms with van der Waals surface area (Å²) in [5.41, 5.74) is 1.37. The van der Waals surface area contributed by atoms with Crippen LogP contribution in [0.25, 0.3) is 0 Å². The first-order chi connectivity index (χ1) is 14.7. The topological polar surface area (TPSA) is 69.1 Å². The molecule has 0 spiro atoms. The summed E-state index contributed by atoms with van der Waals surface area (Å²) in [4.78, 5) is 7.37. The van der Waals surface area contributed by atoms with Crippen LogP contribution in [0.1, 0.15) is 51.9 Å². The fourth-order valence-corrected chi connectivity index (χ4v) is 4.96. The van der Waals surface area contributed by atoms with Gasteiger partial charge >= 0.3 is 0 Å². The van der Waals surface area contributed by atoms with Crippen molar-refractivity contribution in [2.75, 3.05) is 51.3 Å².